The van der Waals surface area contributed by atoms with Gasteiger partial charge in [-0.2, -0.15) is 0 Å². The van der Waals surface area contributed by atoms with Gasteiger partial charge < -0.3 is 14.5 Å². The van der Waals surface area contributed by atoms with Crippen LogP contribution in [0, 0.1) is 19.8 Å². The first-order valence-electron chi connectivity index (χ1n) is 9.81. The molecule has 1 aromatic carbocycles. The van der Waals surface area contributed by atoms with Gasteiger partial charge in [0.2, 0.25) is 0 Å². The number of aromatic hydroxyl groups is 1. The van der Waals surface area contributed by atoms with E-state index in [0.717, 1.165) is 31.5 Å². The minimum Gasteiger partial charge on any atom is -0.508 e. The number of nitrogens with zero attached hydrogens (tertiary/aromatic N) is 3. The Kier molecular flexibility index (Phi) is 3.79. The monoisotopic (exact) mass is 367 g/mol. The van der Waals surface area contributed by atoms with E-state index >= 15 is 0 Å². The summed E-state index contributed by atoms with van der Waals surface area (Å²) in [5, 5.41) is 14.0. The van der Waals surface area contributed by atoms with Crippen molar-refractivity contribution in [3.05, 3.63) is 46.8 Å². The lowest BCUT2D eigenvalue weighted by Gasteiger charge is -2.51. The molecular weight excluding hydrogens is 342 g/mol. The molecule has 2 bridgehead atoms. The Labute approximate surface area is 158 Å². The number of amides is 1. The molecule has 6 heteroatoms. The van der Waals surface area contributed by atoms with E-state index in [9.17, 15) is 9.90 Å². The number of piperidine rings is 3. The topological polar surface area (TPSA) is 69.8 Å². The van der Waals surface area contributed by atoms with Crippen LogP contribution in [-0.2, 0) is 0 Å². The maximum atomic E-state index is 13.5. The molecule has 1 aromatic heterocycles. The summed E-state index contributed by atoms with van der Waals surface area (Å²) < 4.78 is 5.26. The molecule has 27 heavy (non-hydrogen) atoms. The number of aromatic nitrogens is 1. The third-order valence-corrected chi connectivity index (χ3v) is 6.80. The van der Waals surface area contributed by atoms with E-state index in [0.29, 0.717) is 35.5 Å². The zero-order chi connectivity index (χ0) is 18.7. The maximum absolute atomic E-state index is 13.5. The van der Waals surface area contributed by atoms with Crippen molar-refractivity contribution >= 4 is 5.91 Å². The zero-order valence-corrected chi connectivity index (χ0v) is 15.8. The molecule has 4 fully saturated rings. The van der Waals surface area contributed by atoms with Crippen molar-refractivity contribution in [1.82, 2.24) is 15.0 Å². The molecule has 0 aliphatic carbocycles. The molecule has 4 aliphatic rings. The van der Waals surface area contributed by atoms with Crippen molar-refractivity contribution in [2.24, 2.45) is 5.92 Å². The summed E-state index contributed by atoms with van der Waals surface area (Å²) in [5.41, 5.74) is 2.39. The fourth-order valence-electron chi connectivity index (χ4n) is 5.64. The van der Waals surface area contributed by atoms with Gasteiger partial charge in [-0.3, -0.25) is 9.69 Å². The van der Waals surface area contributed by atoms with Crippen LogP contribution in [0.1, 0.15) is 46.1 Å². The van der Waals surface area contributed by atoms with Crippen molar-refractivity contribution in [2.75, 3.05) is 19.6 Å². The van der Waals surface area contributed by atoms with Crippen LogP contribution in [0.5, 0.6) is 5.75 Å². The normalized spacial score (nSPS) is 31.9. The summed E-state index contributed by atoms with van der Waals surface area (Å²) >= 11 is 0. The van der Waals surface area contributed by atoms with Crippen molar-refractivity contribution in [3.8, 4) is 5.75 Å². The Hall–Kier alpha value is -2.34. The third-order valence-electron chi connectivity index (χ3n) is 6.80. The third kappa shape index (κ3) is 2.50. The Bertz CT molecular complexity index is 865. The van der Waals surface area contributed by atoms with E-state index in [1.165, 1.54) is 0 Å². The Morgan fingerprint density at radius 1 is 1.22 bits per heavy atom. The summed E-state index contributed by atoms with van der Waals surface area (Å²) in [6.07, 6.45) is 2.30. The molecule has 0 unspecified atom stereocenters. The van der Waals surface area contributed by atoms with Gasteiger partial charge in [-0.15, -0.1) is 0 Å². The van der Waals surface area contributed by atoms with Crippen LogP contribution in [0.2, 0.25) is 0 Å². The average Bonchev–Trinajstić information content (AvgIpc) is 3.24. The molecule has 6 nitrogen and oxygen atoms in total. The first-order chi connectivity index (χ1) is 13.0. The van der Waals surface area contributed by atoms with Gasteiger partial charge in [-0.1, -0.05) is 17.3 Å². The number of likely N-dealkylation sites (tertiary alicyclic amines) is 1. The highest BCUT2D eigenvalue weighted by Crippen LogP contribution is 2.47. The molecular formula is C21H25N3O3. The van der Waals surface area contributed by atoms with Gasteiger partial charge in [-0.05, 0) is 63.4 Å². The molecule has 0 saturated carbocycles. The quantitative estimate of drug-likeness (QED) is 0.884. The van der Waals surface area contributed by atoms with E-state index in [-0.39, 0.29) is 23.6 Å². The Morgan fingerprint density at radius 3 is 2.67 bits per heavy atom. The fraction of sp³-hybridized carbons (Fsp3) is 0.524. The molecule has 1 amide bonds. The number of phenols is 1. The first kappa shape index (κ1) is 16.8. The van der Waals surface area contributed by atoms with Crippen LogP contribution in [-0.4, -0.2) is 57.7 Å². The van der Waals surface area contributed by atoms with Crippen LogP contribution in [0.4, 0.5) is 0 Å². The molecule has 142 valence electrons. The van der Waals surface area contributed by atoms with E-state index in [4.69, 9.17) is 4.52 Å². The number of carbonyl (C=O) groups excluding carboxylic acids is 1. The predicted molar refractivity (Wildman–Crippen MR) is 99.7 cm³/mol. The molecule has 2 aromatic rings. The standard InChI is InChI=1S/C21H25N3O3/c1-12-18(13(2)27-22-12)21(26)24-11-17(15-4-3-5-16(25)10-15)20-19(24)14-6-8-23(20)9-7-14/h3-5,10,14,17,19-20,25H,6-9,11H2,1-2H3/t17-,19+,20+/m1/s1. The van der Waals surface area contributed by atoms with Crippen LogP contribution >= 0.6 is 0 Å². The van der Waals surface area contributed by atoms with E-state index in [1.54, 1.807) is 6.07 Å². The van der Waals surface area contributed by atoms with Gasteiger partial charge in [0.25, 0.3) is 5.91 Å². The predicted octanol–water partition coefficient (Wildman–Crippen LogP) is 2.70. The molecule has 4 aliphatic heterocycles. The minimum absolute atomic E-state index is 0.0395. The summed E-state index contributed by atoms with van der Waals surface area (Å²) in [6, 6.07) is 8.08. The molecule has 4 saturated heterocycles. The summed E-state index contributed by atoms with van der Waals surface area (Å²) in [7, 11) is 0. The summed E-state index contributed by atoms with van der Waals surface area (Å²) in [6.45, 7) is 6.53. The molecule has 1 N–H and O–H groups in total. The van der Waals surface area contributed by atoms with Gasteiger partial charge in [0.05, 0.1) is 11.7 Å². The second kappa shape index (κ2) is 6.09. The van der Waals surface area contributed by atoms with Crippen molar-refractivity contribution in [1.29, 1.82) is 0 Å². The molecule has 5 heterocycles. The van der Waals surface area contributed by atoms with Crippen LogP contribution in [0.3, 0.4) is 0 Å². The number of hydrogen-bond donors (Lipinski definition) is 1. The highest BCUT2D eigenvalue weighted by molar-refractivity contribution is 5.96. The second-order valence-corrected chi connectivity index (χ2v) is 8.21. The van der Waals surface area contributed by atoms with Gasteiger partial charge in [0, 0.05) is 18.5 Å². The van der Waals surface area contributed by atoms with Crippen LogP contribution < -0.4 is 0 Å². The SMILES string of the molecule is Cc1noc(C)c1C(=O)N1C[C@H](c2cccc(O)c2)[C@H]2[C@@H]1C1CCN2CC1. The van der Waals surface area contributed by atoms with Crippen LogP contribution in [0.25, 0.3) is 0 Å². The summed E-state index contributed by atoms with van der Waals surface area (Å²) in [5.74, 6) is 1.69. The van der Waals surface area contributed by atoms with E-state index < -0.39 is 0 Å². The number of rotatable bonds is 2. The zero-order valence-electron chi connectivity index (χ0n) is 15.8. The van der Waals surface area contributed by atoms with Gasteiger partial charge in [0.1, 0.15) is 17.1 Å². The number of fused-ring (bicyclic) bond motifs is 2. The number of aryl methyl sites for hydroxylation is 2. The highest BCUT2D eigenvalue weighted by Gasteiger charge is 2.55. The summed E-state index contributed by atoms with van der Waals surface area (Å²) in [4.78, 5) is 18.1. The van der Waals surface area contributed by atoms with Gasteiger partial charge in [-0.25, -0.2) is 0 Å². The average molecular weight is 367 g/mol. The van der Waals surface area contributed by atoms with Crippen LogP contribution in [0.15, 0.2) is 28.8 Å². The number of phenolic OH excluding ortho intramolecular Hbond substituents is 1. The number of carbonyl (C=O) groups is 1. The lowest BCUT2D eigenvalue weighted by atomic mass is 9.75. The molecule has 3 atom stereocenters. The van der Waals surface area contributed by atoms with Crippen molar-refractivity contribution in [3.63, 3.8) is 0 Å². The van der Waals surface area contributed by atoms with Crippen molar-refractivity contribution < 1.29 is 14.4 Å². The fourth-order valence-corrected chi connectivity index (χ4v) is 5.64. The second-order valence-electron chi connectivity index (χ2n) is 8.21. The lowest BCUT2D eigenvalue weighted by molar-refractivity contribution is -0.00348. The largest absolute Gasteiger partial charge is 0.508 e. The number of hydrogen-bond acceptors (Lipinski definition) is 5. The maximum Gasteiger partial charge on any atom is 0.259 e. The van der Waals surface area contributed by atoms with E-state index in [1.807, 2.05) is 26.0 Å². The highest BCUT2D eigenvalue weighted by atomic mass is 16.5. The van der Waals surface area contributed by atoms with E-state index in [2.05, 4.69) is 21.0 Å². The van der Waals surface area contributed by atoms with Gasteiger partial charge >= 0.3 is 0 Å². The molecule has 0 radical (unpaired) electrons. The number of benzene rings is 1. The molecule has 6 rings (SSSR count). The molecule has 0 spiro atoms. The first-order valence-corrected chi connectivity index (χ1v) is 9.81. The smallest absolute Gasteiger partial charge is 0.259 e. The van der Waals surface area contributed by atoms with Gasteiger partial charge in [0.15, 0.2) is 0 Å². The Morgan fingerprint density at radius 2 is 2.00 bits per heavy atom. The van der Waals surface area contributed by atoms with Crippen molar-refractivity contribution in [2.45, 2.75) is 44.7 Å². The minimum atomic E-state index is 0.0395. The Balaban J connectivity index is 1.56. The lowest BCUT2D eigenvalue weighted by Crippen LogP contribution is -2.60.